The second-order valence-electron chi connectivity index (χ2n) is 9.28. The molecule has 0 radical (unpaired) electrons. The highest BCUT2D eigenvalue weighted by Gasteiger charge is 2.23. The van der Waals surface area contributed by atoms with Crippen LogP contribution in [0.4, 0.5) is 0 Å². The van der Waals surface area contributed by atoms with Gasteiger partial charge in [-0.1, -0.05) is 6.42 Å². The van der Waals surface area contributed by atoms with Crippen LogP contribution in [0.3, 0.4) is 0 Å². The van der Waals surface area contributed by atoms with E-state index in [0.29, 0.717) is 29.8 Å². The van der Waals surface area contributed by atoms with Crippen LogP contribution in [0.1, 0.15) is 71.2 Å². The molecule has 2 aliphatic rings. The zero-order chi connectivity index (χ0) is 23.5. The third-order valence-electron chi connectivity index (χ3n) is 6.57. The standard InChI is InChI=1S/C26H30N4O3S/c1-16-6-7-23(30-29-16)17(2)28-25(31)20-10-21(26-27-13-24(34-26)19-4-3-5-19)12-22(11-20)33-15-18-8-9-32-14-18/h6-7,10-13,17-19H,3-5,8-9,14-15H2,1-2H3,(H,28,31)/t17?,18-/m1/s1. The maximum atomic E-state index is 13.2. The van der Waals surface area contributed by atoms with Crippen molar-refractivity contribution in [2.45, 2.75) is 51.5 Å². The van der Waals surface area contributed by atoms with Crippen molar-refractivity contribution in [3.05, 3.63) is 58.4 Å². The van der Waals surface area contributed by atoms with Crippen LogP contribution in [0.25, 0.3) is 10.6 Å². The summed E-state index contributed by atoms with van der Waals surface area (Å²) in [6.45, 7) is 5.87. The first-order valence-corrected chi connectivity index (χ1v) is 12.8. The van der Waals surface area contributed by atoms with Gasteiger partial charge in [0.1, 0.15) is 10.8 Å². The van der Waals surface area contributed by atoms with Crippen LogP contribution in [0.5, 0.6) is 5.75 Å². The molecule has 1 amide bonds. The monoisotopic (exact) mass is 478 g/mol. The Morgan fingerprint density at radius 2 is 2.12 bits per heavy atom. The van der Waals surface area contributed by atoms with Crippen molar-refractivity contribution < 1.29 is 14.3 Å². The van der Waals surface area contributed by atoms with Crippen LogP contribution in [0.2, 0.25) is 0 Å². The number of nitrogens with one attached hydrogen (secondary N) is 1. The van der Waals surface area contributed by atoms with Gasteiger partial charge < -0.3 is 14.8 Å². The Hall–Kier alpha value is -2.84. The number of aryl methyl sites for hydroxylation is 1. The van der Waals surface area contributed by atoms with Crippen LogP contribution in [-0.2, 0) is 4.74 Å². The number of hydrogen-bond acceptors (Lipinski definition) is 7. The molecular weight excluding hydrogens is 448 g/mol. The van der Waals surface area contributed by atoms with Crippen molar-refractivity contribution in [3.8, 4) is 16.3 Å². The van der Waals surface area contributed by atoms with Crippen LogP contribution in [-0.4, -0.2) is 40.9 Å². The molecule has 5 rings (SSSR count). The zero-order valence-corrected chi connectivity index (χ0v) is 20.4. The number of aromatic nitrogens is 3. The van der Waals surface area contributed by atoms with Gasteiger partial charge in [-0.05, 0) is 69.4 Å². The number of rotatable bonds is 8. The van der Waals surface area contributed by atoms with Gasteiger partial charge in [-0.25, -0.2) is 4.98 Å². The van der Waals surface area contributed by atoms with E-state index in [0.717, 1.165) is 41.6 Å². The zero-order valence-electron chi connectivity index (χ0n) is 19.6. The van der Waals surface area contributed by atoms with Crippen molar-refractivity contribution in [3.63, 3.8) is 0 Å². The summed E-state index contributed by atoms with van der Waals surface area (Å²) in [6, 6.07) is 9.21. The number of thiazole rings is 1. The van der Waals surface area contributed by atoms with E-state index in [1.165, 1.54) is 24.1 Å². The molecule has 1 saturated heterocycles. The molecule has 8 heteroatoms. The van der Waals surface area contributed by atoms with Crippen LogP contribution in [0, 0.1) is 12.8 Å². The van der Waals surface area contributed by atoms with Crippen LogP contribution >= 0.6 is 11.3 Å². The first-order valence-electron chi connectivity index (χ1n) is 12.0. The summed E-state index contributed by atoms with van der Waals surface area (Å²) < 4.78 is 11.6. The summed E-state index contributed by atoms with van der Waals surface area (Å²) in [5, 5.41) is 12.3. The minimum Gasteiger partial charge on any atom is -0.493 e. The number of carbonyl (C=O) groups excluding carboxylic acids is 1. The Balaban J connectivity index is 1.38. The first kappa shape index (κ1) is 22.9. The van der Waals surface area contributed by atoms with Crippen LogP contribution in [0.15, 0.2) is 36.5 Å². The van der Waals surface area contributed by atoms with E-state index in [2.05, 4.69) is 20.5 Å². The molecule has 2 fully saturated rings. The van der Waals surface area contributed by atoms with Crippen molar-refractivity contribution in [1.82, 2.24) is 20.5 Å². The second kappa shape index (κ2) is 10.2. The third kappa shape index (κ3) is 5.28. The fraction of sp³-hybridized carbons (Fsp3) is 0.462. The van der Waals surface area contributed by atoms with Crippen molar-refractivity contribution in [2.24, 2.45) is 5.92 Å². The van der Waals surface area contributed by atoms with Gasteiger partial charge >= 0.3 is 0 Å². The third-order valence-corrected chi connectivity index (χ3v) is 7.78. The summed E-state index contributed by atoms with van der Waals surface area (Å²) >= 11 is 1.72. The number of hydrogen-bond donors (Lipinski definition) is 1. The maximum absolute atomic E-state index is 13.2. The molecule has 1 unspecified atom stereocenters. The molecule has 178 valence electrons. The fourth-order valence-electron chi connectivity index (χ4n) is 4.16. The average Bonchev–Trinajstić information content (AvgIpc) is 3.49. The number of ether oxygens (including phenoxy) is 2. The molecule has 1 aliphatic heterocycles. The first-order chi connectivity index (χ1) is 16.5. The van der Waals surface area contributed by atoms with Gasteiger partial charge in [-0.15, -0.1) is 11.3 Å². The number of amides is 1. The van der Waals surface area contributed by atoms with E-state index >= 15 is 0 Å². The molecular formula is C26H30N4O3S. The van der Waals surface area contributed by atoms with Gasteiger partial charge in [0.25, 0.3) is 5.91 Å². The smallest absolute Gasteiger partial charge is 0.251 e. The Kier molecular flexibility index (Phi) is 6.87. The molecule has 1 saturated carbocycles. The Bertz CT molecular complexity index is 1140. The summed E-state index contributed by atoms with van der Waals surface area (Å²) in [4.78, 5) is 19.2. The highest BCUT2D eigenvalue weighted by Crippen LogP contribution is 2.41. The summed E-state index contributed by atoms with van der Waals surface area (Å²) in [5.74, 6) is 1.51. The van der Waals surface area contributed by atoms with Crippen molar-refractivity contribution >= 4 is 17.2 Å². The maximum Gasteiger partial charge on any atom is 0.251 e. The lowest BCUT2D eigenvalue weighted by atomic mass is 9.85. The van der Waals surface area contributed by atoms with E-state index in [4.69, 9.17) is 9.47 Å². The molecule has 1 aliphatic carbocycles. The van der Waals surface area contributed by atoms with Crippen LogP contribution < -0.4 is 10.1 Å². The van der Waals surface area contributed by atoms with Gasteiger partial charge in [-0.3, -0.25) is 4.79 Å². The lowest BCUT2D eigenvalue weighted by Crippen LogP contribution is -2.27. The van der Waals surface area contributed by atoms with Gasteiger partial charge in [0, 0.05) is 34.7 Å². The van der Waals surface area contributed by atoms with E-state index < -0.39 is 0 Å². The van der Waals surface area contributed by atoms with Gasteiger partial charge in [0.2, 0.25) is 0 Å². The van der Waals surface area contributed by atoms with Gasteiger partial charge in [0.05, 0.1) is 30.6 Å². The largest absolute Gasteiger partial charge is 0.493 e. The molecule has 3 heterocycles. The molecule has 34 heavy (non-hydrogen) atoms. The van der Waals surface area contributed by atoms with Gasteiger partial charge in [0.15, 0.2) is 0 Å². The van der Waals surface area contributed by atoms with Gasteiger partial charge in [-0.2, -0.15) is 10.2 Å². The molecule has 2 atom stereocenters. The Morgan fingerprint density at radius 1 is 1.24 bits per heavy atom. The lowest BCUT2D eigenvalue weighted by Gasteiger charge is -2.23. The molecule has 0 bridgehead atoms. The Morgan fingerprint density at radius 3 is 2.82 bits per heavy atom. The van der Waals surface area contributed by atoms with E-state index in [9.17, 15) is 4.79 Å². The number of nitrogens with zero attached hydrogens (tertiary/aromatic N) is 3. The van der Waals surface area contributed by atoms with Crippen molar-refractivity contribution in [1.29, 1.82) is 0 Å². The molecule has 7 nitrogen and oxygen atoms in total. The topological polar surface area (TPSA) is 86.2 Å². The average molecular weight is 479 g/mol. The highest BCUT2D eigenvalue weighted by atomic mass is 32.1. The summed E-state index contributed by atoms with van der Waals surface area (Å²) in [7, 11) is 0. The normalized spacial score (nSPS) is 18.9. The van der Waals surface area contributed by atoms with Crippen molar-refractivity contribution in [2.75, 3.05) is 19.8 Å². The fourth-order valence-corrected chi connectivity index (χ4v) is 5.23. The molecule has 1 N–H and O–H groups in total. The molecule has 3 aromatic rings. The number of carbonyl (C=O) groups is 1. The molecule has 1 aromatic carbocycles. The predicted molar refractivity (Wildman–Crippen MR) is 131 cm³/mol. The highest BCUT2D eigenvalue weighted by molar-refractivity contribution is 7.15. The van der Waals surface area contributed by atoms with E-state index in [-0.39, 0.29) is 11.9 Å². The molecule has 0 spiro atoms. The predicted octanol–water partition coefficient (Wildman–Crippen LogP) is 5.08. The number of benzene rings is 1. The van der Waals surface area contributed by atoms with E-state index in [1.807, 2.05) is 50.4 Å². The SMILES string of the molecule is Cc1ccc(C(C)NC(=O)c2cc(OC[C@@H]3CCOC3)cc(-c3ncc(C4CCC4)s3)c2)nn1. The minimum atomic E-state index is -0.269. The second-order valence-corrected chi connectivity index (χ2v) is 10.3. The quantitative estimate of drug-likeness (QED) is 0.486. The molecule has 2 aromatic heterocycles. The summed E-state index contributed by atoms with van der Waals surface area (Å²) in [5.41, 5.74) is 3.01. The minimum absolute atomic E-state index is 0.179. The Labute approximate surface area is 203 Å². The lowest BCUT2D eigenvalue weighted by molar-refractivity contribution is 0.0938. The van der Waals surface area contributed by atoms with E-state index in [1.54, 1.807) is 11.3 Å². The summed E-state index contributed by atoms with van der Waals surface area (Å²) in [6.07, 6.45) is 6.76.